The molecule has 0 aromatic heterocycles. The Morgan fingerprint density at radius 1 is 1.06 bits per heavy atom. The van der Waals surface area contributed by atoms with Gasteiger partial charge < -0.3 is 20.1 Å². The zero-order valence-electron chi connectivity index (χ0n) is 20.0. The number of carboxylic acid groups (broad SMARTS) is 1. The third kappa shape index (κ3) is 4.38. The third-order valence-corrected chi connectivity index (χ3v) is 6.65. The van der Waals surface area contributed by atoms with Gasteiger partial charge in [-0.2, -0.15) is 0 Å². The number of benzene rings is 4. The highest BCUT2D eigenvalue weighted by atomic mass is 19.1. The van der Waals surface area contributed by atoms with Gasteiger partial charge in [-0.05, 0) is 47.5 Å². The summed E-state index contributed by atoms with van der Waals surface area (Å²) in [6.45, 7) is 7.04. The summed E-state index contributed by atoms with van der Waals surface area (Å²) in [5, 5.41) is 15.3. The first kappa shape index (κ1) is 23.4. The number of para-hydroxylation sites is 2. The highest BCUT2D eigenvalue weighted by Gasteiger charge is 2.29. The number of hydrogen-bond acceptors (Lipinski definition) is 4. The molecule has 1 aliphatic heterocycles. The summed E-state index contributed by atoms with van der Waals surface area (Å²) in [5.74, 6) is -1.30. The minimum atomic E-state index is -1.28. The van der Waals surface area contributed by atoms with Gasteiger partial charge in [0.05, 0.1) is 12.2 Å². The predicted octanol–water partition coefficient (Wildman–Crippen LogP) is 6.54. The van der Waals surface area contributed by atoms with Crippen LogP contribution in [-0.2, 0) is 0 Å². The van der Waals surface area contributed by atoms with Crippen LogP contribution in [0, 0.1) is 12.7 Å². The molecule has 0 saturated heterocycles. The molecule has 0 radical (unpaired) electrons. The van der Waals surface area contributed by atoms with Crippen LogP contribution in [0.5, 0.6) is 5.75 Å². The van der Waals surface area contributed by atoms with Crippen LogP contribution in [-0.4, -0.2) is 30.3 Å². The first-order valence-corrected chi connectivity index (χ1v) is 11.9. The molecule has 36 heavy (non-hydrogen) atoms. The van der Waals surface area contributed by atoms with E-state index in [9.17, 15) is 14.3 Å². The van der Waals surface area contributed by atoms with E-state index in [1.165, 1.54) is 6.07 Å². The number of anilines is 2. The van der Waals surface area contributed by atoms with Crippen molar-refractivity contribution in [1.82, 2.24) is 5.32 Å². The number of fused-ring (bicyclic) bond motifs is 2. The lowest BCUT2D eigenvalue weighted by Gasteiger charge is -2.37. The van der Waals surface area contributed by atoms with Crippen molar-refractivity contribution in [2.24, 2.45) is 0 Å². The number of carboxylic acids is 1. The first-order chi connectivity index (χ1) is 17.4. The molecule has 6 heteroatoms. The summed E-state index contributed by atoms with van der Waals surface area (Å²) in [6.07, 6.45) is 0.533. The lowest BCUT2D eigenvalue weighted by molar-refractivity contribution is 0.0691. The molecule has 1 heterocycles. The summed E-state index contributed by atoms with van der Waals surface area (Å²) in [5.41, 5.74) is 3.48. The minimum absolute atomic E-state index is 0.162. The van der Waals surface area contributed by atoms with Crippen LogP contribution >= 0.6 is 0 Å². The number of hydrogen-bond donors (Lipinski definition) is 2. The number of rotatable bonds is 7. The second kappa shape index (κ2) is 9.74. The van der Waals surface area contributed by atoms with Gasteiger partial charge in [-0.3, -0.25) is 0 Å². The number of carbonyl (C=O) groups is 1. The molecule has 0 spiro atoms. The van der Waals surface area contributed by atoms with E-state index in [-0.39, 0.29) is 11.7 Å². The van der Waals surface area contributed by atoms with Gasteiger partial charge in [0, 0.05) is 29.9 Å². The van der Waals surface area contributed by atoms with Crippen molar-refractivity contribution < 1.29 is 19.0 Å². The predicted molar refractivity (Wildman–Crippen MR) is 142 cm³/mol. The van der Waals surface area contributed by atoms with Crippen LogP contribution in [0.3, 0.4) is 0 Å². The van der Waals surface area contributed by atoms with E-state index in [2.05, 4.69) is 36.2 Å². The van der Waals surface area contributed by atoms with Gasteiger partial charge in [0.25, 0.3) is 0 Å². The smallest absolute Gasteiger partial charge is 0.339 e. The molecule has 5 nitrogen and oxygen atoms in total. The Hall–Kier alpha value is -4.32. The van der Waals surface area contributed by atoms with Crippen molar-refractivity contribution in [2.75, 3.05) is 18.0 Å². The highest BCUT2D eigenvalue weighted by Crippen LogP contribution is 2.40. The molecule has 0 bridgehead atoms. The van der Waals surface area contributed by atoms with Crippen LogP contribution in [0.4, 0.5) is 15.8 Å². The minimum Gasteiger partial charge on any atom is -0.486 e. The molecule has 1 aliphatic rings. The maximum atomic E-state index is 14.3. The topological polar surface area (TPSA) is 61.8 Å². The molecular weight excluding hydrogens is 455 g/mol. The number of ether oxygens (including phenoxy) is 1. The SMILES string of the molecule is C=C(NCCC1CN(c2ccc(F)c(C(=O)O)c2C)c2ccccc2O1)c1cccc2ccccc12. The van der Waals surface area contributed by atoms with Crippen LogP contribution in [0.1, 0.15) is 27.9 Å². The van der Waals surface area contributed by atoms with Gasteiger partial charge in [-0.15, -0.1) is 0 Å². The molecule has 0 aliphatic carbocycles. The highest BCUT2D eigenvalue weighted by molar-refractivity contribution is 5.93. The standard InChI is InChI=1S/C30H27FN2O3/c1-19-26(15-14-25(31)29(19)30(34)35)33-18-22(36-28-13-6-5-12-27(28)33)16-17-32-20(2)23-11-7-9-21-8-3-4-10-24(21)23/h3-15,22,32H,2,16-18H2,1H3,(H,34,35). The number of nitrogens with one attached hydrogen (secondary N) is 1. The van der Waals surface area contributed by atoms with Crippen molar-refractivity contribution in [3.8, 4) is 5.75 Å². The molecule has 0 amide bonds. The summed E-state index contributed by atoms with van der Waals surface area (Å²) >= 11 is 0. The zero-order chi connectivity index (χ0) is 25.2. The quantitative estimate of drug-likeness (QED) is 0.313. The fourth-order valence-electron chi connectivity index (χ4n) is 4.87. The fraction of sp³-hybridized carbons (Fsp3) is 0.167. The number of nitrogens with zero attached hydrogens (tertiary/aromatic N) is 1. The molecule has 0 saturated carbocycles. The second-order valence-corrected chi connectivity index (χ2v) is 8.91. The Morgan fingerprint density at radius 3 is 2.64 bits per heavy atom. The maximum absolute atomic E-state index is 14.3. The summed E-state index contributed by atoms with van der Waals surface area (Å²) < 4.78 is 20.5. The Balaban J connectivity index is 1.35. The van der Waals surface area contributed by atoms with Crippen LogP contribution in [0.15, 0.2) is 85.4 Å². The Labute approximate surface area is 209 Å². The van der Waals surface area contributed by atoms with Crippen molar-refractivity contribution in [3.63, 3.8) is 0 Å². The number of aromatic carboxylic acids is 1. The second-order valence-electron chi connectivity index (χ2n) is 8.91. The van der Waals surface area contributed by atoms with Gasteiger partial charge in [0.1, 0.15) is 23.2 Å². The largest absolute Gasteiger partial charge is 0.486 e. The third-order valence-electron chi connectivity index (χ3n) is 6.65. The monoisotopic (exact) mass is 482 g/mol. The summed E-state index contributed by atoms with van der Waals surface area (Å²) in [4.78, 5) is 13.7. The maximum Gasteiger partial charge on any atom is 0.339 e. The van der Waals surface area contributed by atoms with Crippen LogP contribution in [0.25, 0.3) is 16.5 Å². The van der Waals surface area contributed by atoms with E-state index < -0.39 is 11.8 Å². The normalized spacial score (nSPS) is 14.7. The van der Waals surface area contributed by atoms with Crippen LogP contribution in [0.2, 0.25) is 0 Å². The van der Waals surface area contributed by atoms with E-state index in [0.717, 1.165) is 27.7 Å². The van der Waals surface area contributed by atoms with Crippen molar-refractivity contribution in [2.45, 2.75) is 19.4 Å². The van der Waals surface area contributed by atoms with Gasteiger partial charge >= 0.3 is 5.97 Å². The van der Waals surface area contributed by atoms with Crippen molar-refractivity contribution >= 4 is 33.8 Å². The first-order valence-electron chi connectivity index (χ1n) is 11.9. The summed E-state index contributed by atoms with van der Waals surface area (Å²) in [7, 11) is 0. The Morgan fingerprint density at radius 2 is 1.81 bits per heavy atom. The fourth-order valence-corrected chi connectivity index (χ4v) is 4.87. The van der Waals surface area contributed by atoms with E-state index in [4.69, 9.17) is 4.74 Å². The van der Waals surface area contributed by atoms with E-state index in [1.807, 2.05) is 47.4 Å². The van der Waals surface area contributed by atoms with Gasteiger partial charge in [-0.1, -0.05) is 61.2 Å². The van der Waals surface area contributed by atoms with Gasteiger partial charge in [0.2, 0.25) is 0 Å². The average Bonchev–Trinajstić information content (AvgIpc) is 2.88. The van der Waals surface area contributed by atoms with Gasteiger partial charge in [-0.25, -0.2) is 9.18 Å². The molecule has 4 aromatic carbocycles. The van der Waals surface area contributed by atoms with Gasteiger partial charge in [0.15, 0.2) is 0 Å². The lowest BCUT2D eigenvalue weighted by atomic mass is 10.0. The van der Waals surface area contributed by atoms with E-state index in [1.54, 1.807) is 13.0 Å². The number of halogens is 1. The van der Waals surface area contributed by atoms with E-state index >= 15 is 0 Å². The Kier molecular flexibility index (Phi) is 6.34. The summed E-state index contributed by atoms with van der Waals surface area (Å²) in [6, 6.07) is 24.9. The molecular formula is C30H27FN2O3. The molecule has 0 fully saturated rings. The molecule has 2 N–H and O–H groups in total. The van der Waals surface area contributed by atoms with Crippen LogP contribution < -0.4 is 15.0 Å². The molecule has 182 valence electrons. The molecule has 4 aromatic rings. The van der Waals surface area contributed by atoms with E-state index in [0.29, 0.717) is 36.5 Å². The zero-order valence-corrected chi connectivity index (χ0v) is 20.0. The molecule has 1 atom stereocenters. The molecule has 1 unspecified atom stereocenters. The average molecular weight is 483 g/mol. The Bertz CT molecular complexity index is 1460. The lowest BCUT2D eigenvalue weighted by Crippen LogP contribution is -2.39. The van der Waals surface area contributed by atoms with Crippen molar-refractivity contribution in [3.05, 3.63) is 108 Å². The van der Waals surface area contributed by atoms with Crippen molar-refractivity contribution in [1.29, 1.82) is 0 Å². The molecule has 5 rings (SSSR count).